The van der Waals surface area contributed by atoms with Crippen LogP contribution in [-0.4, -0.2) is 41.3 Å². The molecule has 0 atom stereocenters. The summed E-state index contributed by atoms with van der Waals surface area (Å²) in [6.07, 6.45) is 3.64. The number of ether oxygens (including phenoxy) is 1. The van der Waals surface area contributed by atoms with Crippen LogP contribution in [0.5, 0.6) is 0 Å². The topological polar surface area (TPSA) is 63.2 Å². The number of aromatic nitrogens is 3. The monoisotopic (exact) mass is 383 g/mol. The first-order valence-corrected chi connectivity index (χ1v) is 9.74. The van der Waals surface area contributed by atoms with Gasteiger partial charge in [-0.15, -0.1) is 0 Å². The quantitative estimate of drug-likeness (QED) is 0.568. The molecule has 4 aromatic rings. The van der Waals surface area contributed by atoms with Gasteiger partial charge in [0.05, 0.1) is 24.4 Å². The molecule has 1 saturated heterocycles. The molecule has 1 aliphatic rings. The zero-order chi connectivity index (χ0) is 19.5. The van der Waals surface area contributed by atoms with E-state index in [1.807, 2.05) is 42.6 Å². The fourth-order valence-electron chi connectivity index (χ4n) is 3.55. The van der Waals surface area contributed by atoms with Crippen molar-refractivity contribution in [2.75, 3.05) is 36.5 Å². The van der Waals surface area contributed by atoms with Crippen molar-refractivity contribution < 1.29 is 4.74 Å². The molecule has 0 saturated carbocycles. The maximum Gasteiger partial charge on any atom is 0.227 e. The van der Waals surface area contributed by atoms with E-state index < -0.39 is 0 Å². The number of hydrogen-bond donors (Lipinski definition) is 1. The Labute approximate surface area is 169 Å². The third kappa shape index (κ3) is 3.75. The lowest BCUT2D eigenvalue weighted by molar-refractivity contribution is 0.122. The summed E-state index contributed by atoms with van der Waals surface area (Å²) in [6.45, 7) is 3.42. The largest absolute Gasteiger partial charge is 0.378 e. The molecule has 3 heterocycles. The lowest BCUT2D eigenvalue weighted by atomic mass is 10.1. The third-order valence-corrected chi connectivity index (χ3v) is 5.05. The van der Waals surface area contributed by atoms with Gasteiger partial charge in [0, 0.05) is 47.8 Å². The number of anilines is 3. The van der Waals surface area contributed by atoms with Gasteiger partial charge in [-0.25, -0.2) is 9.97 Å². The summed E-state index contributed by atoms with van der Waals surface area (Å²) in [6, 6.07) is 20.3. The standard InChI is InChI=1S/C23H21N5O/c1-2-11-24-21(6-1)20-5-3-4-17-16-25-23(27-22(17)20)26-18-7-9-19(10-8-18)28-12-14-29-15-13-28/h1-11,16H,12-15H2,(H,25,26,27). The summed E-state index contributed by atoms with van der Waals surface area (Å²) < 4.78 is 5.43. The molecule has 6 heteroatoms. The van der Waals surface area contributed by atoms with E-state index >= 15 is 0 Å². The van der Waals surface area contributed by atoms with Crippen LogP contribution in [0.15, 0.2) is 73.1 Å². The SMILES string of the molecule is c1ccc(-c2cccc3cnc(Nc4ccc(N5CCOCC5)cc4)nc23)nc1. The number of morpholine rings is 1. The van der Waals surface area contributed by atoms with Crippen LogP contribution in [0.3, 0.4) is 0 Å². The van der Waals surface area contributed by atoms with Crippen LogP contribution in [-0.2, 0) is 4.74 Å². The minimum Gasteiger partial charge on any atom is -0.378 e. The van der Waals surface area contributed by atoms with Gasteiger partial charge in [-0.3, -0.25) is 4.98 Å². The lowest BCUT2D eigenvalue weighted by Crippen LogP contribution is -2.36. The lowest BCUT2D eigenvalue weighted by Gasteiger charge is -2.28. The van der Waals surface area contributed by atoms with Crippen LogP contribution in [0.25, 0.3) is 22.2 Å². The second-order valence-electron chi connectivity index (χ2n) is 6.92. The van der Waals surface area contributed by atoms with E-state index in [9.17, 15) is 0 Å². The highest BCUT2D eigenvalue weighted by atomic mass is 16.5. The summed E-state index contributed by atoms with van der Waals surface area (Å²) in [4.78, 5) is 16.1. The van der Waals surface area contributed by atoms with Crippen molar-refractivity contribution in [2.45, 2.75) is 0 Å². The van der Waals surface area contributed by atoms with Crippen LogP contribution in [0.1, 0.15) is 0 Å². The van der Waals surface area contributed by atoms with Crippen molar-refractivity contribution in [3.8, 4) is 11.3 Å². The molecule has 2 aromatic carbocycles. The Balaban J connectivity index is 1.42. The van der Waals surface area contributed by atoms with E-state index in [1.54, 1.807) is 6.20 Å². The molecule has 29 heavy (non-hydrogen) atoms. The Morgan fingerprint density at radius 3 is 2.52 bits per heavy atom. The number of rotatable bonds is 4. The maximum atomic E-state index is 5.43. The zero-order valence-electron chi connectivity index (χ0n) is 16.0. The van der Waals surface area contributed by atoms with Crippen molar-refractivity contribution in [3.63, 3.8) is 0 Å². The first-order chi connectivity index (χ1) is 14.4. The predicted molar refractivity (Wildman–Crippen MR) is 116 cm³/mol. The van der Waals surface area contributed by atoms with Crippen LogP contribution in [0.4, 0.5) is 17.3 Å². The molecule has 0 aliphatic carbocycles. The molecule has 1 N–H and O–H groups in total. The van der Waals surface area contributed by atoms with E-state index in [4.69, 9.17) is 9.72 Å². The number of nitrogens with zero attached hydrogens (tertiary/aromatic N) is 4. The van der Waals surface area contributed by atoms with Gasteiger partial charge in [0.15, 0.2) is 0 Å². The fourth-order valence-corrected chi connectivity index (χ4v) is 3.55. The number of nitrogens with one attached hydrogen (secondary N) is 1. The van der Waals surface area contributed by atoms with Crippen LogP contribution >= 0.6 is 0 Å². The maximum absolute atomic E-state index is 5.43. The molecule has 0 unspecified atom stereocenters. The highest BCUT2D eigenvalue weighted by molar-refractivity contribution is 5.92. The molecular formula is C23H21N5O. The van der Waals surface area contributed by atoms with Gasteiger partial charge in [0.25, 0.3) is 0 Å². The average Bonchev–Trinajstić information content (AvgIpc) is 2.80. The molecule has 0 amide bonds. The van der Waals surface area contributed by atoms with Gasteiger partial charge in [0.1, 0.15) is 0 Å². The number of pyridine rings is 1. The number of para-hydroxylation sites is 1. The van der Waals surface area contributed by atoms with E-state index in [0.29, 0.717) is 5.95 Å². The zero-order valence-corrected chi connectivity index (χ0v) is 16.0. The van der Waals surface area contributed by atoms with Gasteiger partial charge in [-0.2, -0.15) is 0 Å². The molecule has 2 aromatic heterocycles. The highest BCUT2D eigenvalue weighted by Crippen LogP contribution is 2.27. The fraction of sp³-hybridized carbons (Fsp3) is 0.174. The van der Waals surface area contributed by atoms with Crippen molar-refractivity contribution >= 4 is 28.2 Å². The number of fused-ring (bicyclic) bond motifs is 1. The minimum absolute atomic E-state index is 0.569. The highest BCUT2D eigenvalue weighted by Gasteiger charge is 2.11. The van der Waals surface area contributed by atoms with E-state index in [0.717, 1.165) is 54.2 Å². The summed E-state index contributed by atoms with van der Waals surface area (Å²) in [5, 5.41) is 4.31. The molecular weight excluding hydrogens is 362 g/mol. The van der Waals surface area contributed by atoms with E-state index in [1.165, 1.54) is 5.69 Å². The smallest absolute Gasteiger partial charge is 0.227 e. The van der Waals surface area contributed by atoms with Crippen LogP contribution in [0.2, 0.25) is 0 Å². The van der Waals surface area contributed by atoms with Gasteiger partial charge in [-0.05, 0) is 36.4 Å². The number of benzene rings is 2. The molecule has 1 fully saturated rings. The van der Waals surface area contributed by atoms with Gasteiger partial charge in [-0.1, -0.05) is 24.3 Å². The summed E-state index contributed by atoms with van der Waals surface area (Å²) in [5.74, 6) is 0.569. The van der Waals surface area contributed by atoms with E-state index in [2.05, 4.69) is 44.5 Å². The van der Waals surface area contributed by atoms with Crippen molar-refractivity contribution in [3.05, 3.63) is 73.1 Å². The third-order valence-electron chi connectivity index (χ3n) is 5.05. The number of hydrogen-bond acceptors (Lipinski definition) is 6. The Kier molecular flexibility index (Phi) is 4.76. The molecule has 144 valence electrons. The molecule has 0 spiro atoms. The Morgan fingerprint density at radius 2 is 1.72 bits per heavy atom. The minimum atomic E-state index is 0.569. The predicted octanol–water partition coefficient (Wildman–Crippen LogP) is 4.27. The van der Waals surface area contributed by atoms with Gasteiger partial charge >= 0.3 is 0 Å². The van der Waals surface area contributed by atoms with Crippen molar-refractivity contribution in [1.82, 2.24) is 15.0 Å². The molecule has 5 rings (SSSR count). The Morgan fingerprint density at radius 1 is 0.862 bits per heavy atom. The molecule has 6 nitrogen and oxygen atoms in total. The average molecular weight is 383 g/mol. The Bertz CT molecular complexity index is 1110. The van der Waals surface area contributed by atoms with Crippen molar-refractivity contribution in [2.24, 2.45) is 0 Å². The van der Waals surface area contributed by atoms with Crippen LogP contribution in [0, 0.1) is 0 Å². The molecule has 0 radical (unpaired) electrons. The first kappa shape index (κ1) is 17.6. The van der Waals surface area contributed by atoms with Crippen molar-refractivity contribution in [1.29, 1.82) is 0 Å². The summed E-state index contributed by atoms with van der Waals surface area (Å²) in [7, 11) is 0. The van der Waals surface area contributed by atoms with E-state index in [-0.39, 0.29) is 0 Å². The summed E-state index contributed by atoms with van der Waals surface area (Å²) in [5.41, 5.74) is 4.94. The molecule has 0 bridgehead atoms. The van der Waals surface area contributed by atoms with Gasteiger partial charge < -0.3 is 15.0 Å². The van der Waals surface area contributed by atoms with Gasteiger partial charge in [0.2, 0.25) is 5.95 Å². The second-order valence-corrected chi connectivity index (χ2v) is 6.92. The van der Waals surface area contributed by atoms with Crippen LogP contribution < -0.4 is 10.2 Å². The molecule has 1 aliphatic heterocycles. The first-order valence-electron chi connectivity index (χ1n) is 9.74. The summed E-state index contributed by atoms with van der Waals surface area (Å²) >= 11 is 0. The second kappa shape index (κ2) is 7.85. The normalized spacial score (nSPS) is 14.1. The Hall–Kier alpha value is -3.51.